The molecule has 0 radical (unpaired) electrons. The predicted octanol–water partition coefficient (Wildman–Crippen LogP) is 3.27. The topological polar surface area (TPSA) is 13.1 Å². The monoisotopic (exact) mass is 256 g/mol. The van der Waals surface area contributed by atoms with Gasteiger partial charge in [-0.15, -0.1) is 0 Å². The Morgan fingerprint density at radius 2 is 1.68 bits per heavy atom. The molecule has 2 nitrogen and oxygen atoms in total. The fourth-order valence-corrected chi connectivity index (χ4v) is 2.21. The second kappa shape index (κ2) is 7.05. The molecular weight excluding hydrogens is 234 g/mol. The summed E-state index contributed by atoms with van der Waals surface area (Å²) in [5, 5.41) is 0. The number of aryl methyl sites for hydroxylation is 2. The van der Waals surface area contributed by atoms with Crippen molar-refractivity contribution in [3.63, 3.8) is 0 Å². The Balaban J connectivity index is 1.93. The number of aromatic nitrogens is 1. The molecule has 0 saturated carbocycles. The standard InChI is InChI=1S/C17H22NO/c1-3-16-10-11-18(12-17(16)4-2)14-19-13-15-8-6-5-7-9-15/h5-12H,3-4,13-14H2,1-2H3/q+1. The Morgan fingerprint density at radius 3 is 2.37 bits per heavy atom. The Morgan fingerprint density at radius 1 is 0.947 bits per heavy atom. The van der Waals surface area contributed by atoms with Crippen LogP contribution in [0, 0.1) is 0 Å². The summed E-state index contributed by atoms with van der Waals surface area (Å²) in [6.45, 7) is 5.66. The first-order chi connectivity index (χ1) is 9.33. The van der Waals surface area contributed by atoms with E-state index in [-0.39, 0.29) is 0 Å². The summed E-state index contributed by atoms with van der Waals surface area (Å²) in [4.78, 5) is 0. The molecule has 100 valence electrons. The van der Waals surface area contributed by atoms with Crippen LogP contribution in [0.25, 0.3) is 0 Å². The first-order valence-electron chi connectivity index (χ1n) is 6.96. The lowest BCUT2D eigenvalue weighted by molar-refractivity contribution is -0.734. The van der Waals surface area contributed by atoms with Gasteiger partial charge in [0.2, 0.25) is 0 Å². The van der Waals surface area contributed by atoms with E-state index in [4.69, 9.17) is 4.74 Å². The van der Waals surface area contributed by atoms with Gasteiger partial charge in [-0.3, -0.25) is 0 Å². The molecule has 0 bridgehead atoms. The van der Waals surface area contributed by atoms with Crippen LogP contribution in [0.3, 0.4) is 0 Å². The minimum Gasteiger partial charge on any atom is -0.318 e. The Bertz CT molecular complexity index is 508. The molecule has 2 heteroatoms. The van der Waals surface area contributed by atoms with Gasteiger partial charge in [-0.2, -0.15) is 4.57 Å². The van der Waals surface area contributed by atoms with E-state index in [1.165, 1.54) is 16.7 Å². The van der Waals surface area contributed by atoms with Gasteiger partial charge in [0.1, 0.15) is 0 Å². The Hall–Kier alpha value is -1.67. The Labute approximate surface area is 115 Å². The molecule has 2 rings (SSSR count). The van der Waals surface area contributed by atoms with E-state index in [0.29, 0.717) is 13.3 Å². The van der Waals surface area contributed by atoms with Gasteiger partial charge in [-0.25, -0.2) is 0 Å². The molecule has 0 aliphatic heterocycles. The fraction of sp³-hybridized carbons (Fsp3) is 0.353. The number of benzene rings is 1. The lowest BCUT2D eigenvalue weighted by Crippen LogP contribution is -2.35. The minimum atomic E-state index is 0.603. The number of pyridine rings is 1. The first kappa shape index (κ1) is 13.8. The number of hydrogen-bond acceptors (Lipinski definition) is 1. The molecule has 0 N–H and O–H groups in total. The van der Waals surface area contributed by atoms with E-state index in [0.717, 1.165) is 12.8 Å². The number of nitrogens with zero attached hydrogens (tertiary/aromatic N) is 1. The molecule has 0 spiro atoms. The molecule has 0 saturated heterocycles. The highest BCUT2D eigenvalue weighted by molar-refractivity contribution is 5.20. The molecule has 1 aromatic heterocycles. The number of ether oxygens (including phenoxy) is 1. The predicted molar refractivity (Wildman–Crippen MR) is 76.6 cm³/mol. The first-order valence-corrected chi connectivity index (χ1v) is 6.96. The number of rotatable bonds is 6. The van der Waals surface area contributed by atoms with Crippen molar-refractivity contribution in [1.82, 2.24) is 0 Å². The van der Waals surface area contributed by atoms with E-state index in [1.807, 2.05) is 18.2 Å². The van der Waals surface area contributed by atoms with Crippen LogP contribution in [0.4, 0.5) is 0 Å². The van der Waals surface area contributed by atoms with Crippen molar-refractivity contribution in [2.24, 2.45) is 0 Å². The second-order valence-electron chi connectivity index (χ2n) is 4.68. The van der Waals surface area contributed by atoms with E-state index in [9.17, 15) is 0 Å². The van der Waals surface area contributed by atoms with Gasteiger partial charge in [0.05, 0.1) is 6.61 Å². The van der Waals surface area contributed by atoms with Gasteiger partial charge in [-0.05, 0) is 24.0 Å². The van der Waals surface area contributed by atoms with Crippen molar-refractivity contribution >= 4 is 0 Å². The lowest BCUT2D eigenvalue weighted by Gasteiger charge is -2.05. The van der Waals surface area contributed by atoms with Crippen LogP contribution in [0.5, 0.6) is 0 Å². The average molecular weight is 256 g/mol. The molecule has 0 fully saturated rings. The quantitative estimate of drug-likeness (QED) is 0.723. The van der Waals surface area contributed by atoms with Crippen LogP contribution in [0.15, 0.2) is 48.8 Å². The van der Waals surface area contributed by atoms with Crippen LogP contribution in [-0.4, -0.2) is 0 Å². The smallest absolute Gasteiger partial charge is 0.252 e. The highest BCUT2D eigenvalue weighted by atomic mass is 16.5. The number of hydrogen-bond donors (Lipinski definition) is 0. The van der Waals surface area contributed by atoms with Gasteiger partial charge in [0.15, 0.2) is 12.4 Å². The summed E-state index contributed by atoms with van der Waals surface area (Å²) in [5.41, 5.74) is 4.05. The van der Waals surface area contributed by atoms with Crippen LogP contribution in [0.1, 0.15) is 30.5 Å². The minimum absolute atomic E-state index is 0.603. The maximum absolute atomic E-state index is 5.74. The van der Waals surface area contributed by atoms with Gasteiger partial charge < -0.3 is 4.74 Å². The zero-order chi connectivity index (χ0) is 13.5. The third-order valence-electron chi connectivity index (χ3n) is 3.32. The van der Waals surface area contributed by atoms with Crippen molar-refractivity contribution < 1.29 is 9.30 Å². The van der Waals surface area contributed by atoms with Gasteiger partial charge >= 0.3 is 0 Å². The highest BCUT2D eigenvalue weighted by Crippen LogP contribution is 2.07. The van der Waals surface area contributed by atoms with Gasteiger partial charge in [0, 0.05) is 11.6 Å². The summed E-state index contributed by atoms with van der Waals surface area (Å²) in [5.74, 6) is 0. The van der Waals surface area contributed by atoms with Crippen molar-refractivity contribution in [2.45, 2.75) is 40.0 Å². The molecular formula is C17H22NO+. The fourth-order valence-electron chi connectivity index (χ4n) is 2.21. The summed E-state index contributed by atoms with van der Waals surface area (Å²) < 4.78 is 7.85. The largest absolute Gasteiger partial charge is 0.318 e. The molecule has 19 heavy (non-hydrogen) atoms. The maximum atomic E-state index is 5.74. The Kier molecular flexibility index (Phi) is 5.10. The van der Waals surface area contributed by atoms with Crippen molar-refractivity contribution in [1.29, 1.82) is 0 Å². The molecule has 0 aliphatic carbocycles. The lowest BCUT2D eigenvalue weighted by atomic mass is 10.1. The van der Waals surface area contributed by atoms with Crippen molar-refractivity contribution in [3.05, 3.63) is 65.5 Å². The molecule has 0 amide bonds. The summed E-state index contributed by atoms with van der Waals surface area (Å²) >= 11 is 0. The van der Waals surface area contributed by atoms with Gasteiger partial charge in [-0.1, -0.05) is 44.2 Å². The summed E-state index contributed by atoms with van der Waals surface area (Å²) in [6, 6.07) is 12.5. The van der Waals surface area contributed by atoms with Gasteiger partial charge in [0.25, 0.3) is 6.73 Å². The highest BCUT2D eigenvalue weighted by Gasteiger charge is 2.06. The molecule has 0 unspecified atom stereocenters. The van der Waals surface area contributed by atoms with E-state index in [1.54, 1.807) is 0 Å². The third kappa shape index (κ3) is 3.90. The van der Waals surface area contributed by atoms with E-state index >= 15 is 0 Å². The van der Waals surface area contributed by atoms with Crippen molar-refractivity contribution in [3.8, 4) is 0 Å². The third-order valence-corrected chi connectivity index (χ3v) is 3.32. The van der Waals surface area contributed by atoms with Crippen LogP contribution in [-0.2, 0) is 30.9 Å². The van der Waals surface area contributed by atoms with E-state index < -0.39 is 0 Å². The van der Waals surface area contributed by atoms with Crippen LogP contribution >= 0.6 is 0 Å². The summed E-state index contributed by atoms with van der Waals surface area (Å²) in [6.07, 6.45) is 6.46. The SMILES string of the molecule is CCc1cc[n+](COCc2ccccc2)cc1CC. The normalized spacial score (nSPS) is 10.6. The molecule has 0 aliphatic rings. The average Bonchev–Trinajstić information content (AvgIpc) is 2.48. The zero-order valence-corrected chi connectivity index (χ0v) is 11.8. The molecule has 2 aromatic rings. The van der Waals surface area contributed by atoms with Crippen LogP contribution in [0.2, 0.25) is 0 Å². The maximum Gasteiger partial charge on any atom is 0.252 e. The molecule has 1 aromatic carbocycles. The van der Waals surface area contributed by atoms with Crippen molar-refractivity contribution in [2.75, 3.05) is 0 Å². The molecule has 1 heterocycles. The second-order valence-corrected chi connectivity index (χ2v) is 4.68. The summed E-state index contributed by atoms with van der Waals surface area (Å²) in [7, 11) is 0. The van der Waals surface area contributed by atoms with E-state index in [2.05, 4.69) is 49.0 Å². The zero-order valence-electron chi connectivity index (χ0n) is 11.8. The molecule has 0 atom stereocenters. The van der Waals surface area contributed by atoms with Crippen LogP contribution < -0.4 is 4.57 Å².